The van der Waals surface area contributed by atoms with Crippen LogP contribution in [0.4, 0.5) is 0 Å². The van der Waals surface area contributed by atoms with Gasteiger partial charge in [-0.15, -0.1) is 4.40 Å². The number of amides is 1. The van der Waals surface area contributed by atoms with Crippen molar-refractivity contribution in [2.24, 2.45) is 10.3 Å². The normalized spacial score (nSPS) is 20.5. The van der Waals surface area contributed by atoms with E-state index < -0.39 is 10.0 Å². The van der Waals surface area contributed by atoms with Gasteiger partial charge < -0.3 is 15.0 Å². The molecule has 0 spiro atoms. The molecule has 8 nitrogen and oxygen atoms in total. The third-order valence-electron chi connectivity index (χ3n) is 4.70. The summed E-state index contributed by atoms with van der Waals surface area (Å²) in [6, 6.07) is 6.74. The molecule has 1 aromatic rings. The van der Waals surface area contributed by atoms with Gasteiger partial charge in [-0.1, -0.05) is 12.1 Å². The molecule has 0 aromatic heterocycles. The van der Waals surface area contributed by atoms with Crippen LogP contribution in [0.1, 0.15) is 38.7 Å². The Morgan fingerprint density at radius 3 is 2.82 bits per heavy atom. The number of esters is 1. The molecule has 1 N–H and O–H groups in total. The molecule has 2 aliphatic heterocycles. The van der Waals surface area contributed by atoms with Gasteiger partial charge in [0.25, 0.3) is 10.0 Å². The molecule has 1 aromatic carbocycles. The number of fused-ring (bicyclic) bond motifs is 1. The Morgan fingerprint density at radius 2 is 2.07 bits per heavy atom. The van der Waals surface area contributed by atoms with E-state index >= 15 is 0 Å². The van der Waals surface area contributed by atoms with Crippen LogP contribution in [-0.4, -0.2) is 56.8 Å². The standard InChI is InChI=1S/C19H25N3O5S/c1-13(2)27-17(23)9-10-20-19(24)14-6-5-11-22(12-14)18-15-7-3-4-8-16(15)28(25,26)21-18/h3-4,7-8,13-14H,5-6,9-12H2,1-2H3,(H,20,24)/t14-/m0/s1. The number of nitrogens with one attached hydrogen (secondary N) is 1. The predicted molar refractivity (Wildman–Crippen MR) is 103 cm³/mol. The van der Waals surface area contributed by atoms with Gasteiger partial charge in [0, 0.05) is 25.2 Å². The Kier molecular flexibility index (Phi) is 6.02. The molecule has 2 heterocycles. The lowest BCUT2D eigenvalue weighted by atomic mass is 9.96. The molecule has 0 bridgehead atoms. The van der Waals surface area contributed by atoms with Crippen LogP contribution in [-0.2, 0) is 24.3 Å². The summed E-state index contributed by atoms with van der Waals surface area (Å²) < 4.78 is 33.5. The highest BCUT2D eigenvalue weighted by Gasteiger charge is 2.35. The molecule has 0 radical (unpaired) electrons. The van der Waals surface area contributed by atoms with E-state index in [2.05, 4.69) is 9.71 Å². The van der Waals surface area contributed by atoms with Gasteiger partial charge in [0.05, 0.1) is 18.4 Å². The number of rotatable bonds is 5. The second kappa shape index (κ2) is 8.30. The van der Waals surface area contributed by atoms with E-state index in [1.165, 1.54) is 0 Å². The monoisotopic (exact) mass is 407 g/mol. The van der Waals surface area contributed by atoms with Crippen LogP contribution in [0, 0.1) is 5.92 Å². The number of hydrogen-bond acceptors (Lipinski definition) is 6. The highest BCUT2D eigenvalue weighted by atomic mass is 32.2. The molecule has 0 aliphatic carbocycles. The van der Waals surface area contributed by atoms with Gasteiger partial charge in [0.2, 0.25) is 5.91 Å². The van der Waals surface area contributed by atoms with Crippen LogP contribution in [0.3, 0.4) is 0 Å². The van der Waals surface area contributed by atoms with E-state index in [0.717, 1.165) is 6.42 Å². The first-order valence-corrected chi connectivity index (χ1v) is 10.9. The summed E-state index contributed by atoms with van der Waals surface area (Å²) in [5, 5.41) is 2.78. The topological polar surface area (TPSA) is 105 Å². The van der Waals surface area contributed by atoms with E-state index in [1.807, 2.05) is 4.90 Å². The molecule has 152 valence electrons. The van der Waals surface area contributed by atoms with Crippen LogP contribution in [0.5, 0.6) is 0 Å². The number of sulfonamides is 1. The predicted octanol–water partition coefficient (Wildman–Crippen LogP) is 1.31. The number of likely N-dealkylation sites (tertiary alicyclic amines) is 1. The first-order chi connectivity index (χ1) is 13.3. The van der Waals surface area contributed by atoms with Crippen molar-refractivity contribution in [1.82, 2.24) is 10.2 Å². The zero-order valence-electron chi connectivity index (χ0n) is 16.1. The van der Waals surface area contributed by atoms with E-state index in [1.54, 1.807) is 38.1 Å². The molecule has 1 amide bonds. The fourth-order valence-corrected chi connectivity index (χ4v) is 4.68. The Labute approximate surface area is 165 Å². The van der Waals surface area contributed by atoms with Crippen LogP contribution in [0.2, 0.25) is 0 Å². The van der Waals surface area contributed by atoms with Gasteiger partial charge in [-0.25, -0.2) is 0 Å². The van der Waals surface area contributed by atoms with Crippen molar-refractivity contribution >= 4 is 27.7 Å². The van der Waals surface area contributed by atoms with Crippen molar-refractivity contribution in [3.05, 3.63) is 29.8 Å². The molecule has 1 atom stereocenters. The summed E-state index contributed by atoms with van der Waals surface area (Å²) in [6.07, 6.45) is 1.41. The van der Waals surface area contributed by atoms with Crippen molar-refractivity contribution < 1.29 is 22.7 Å². The first kappa shape index (κ1) is 20.3. The lowest BCUT2D eigenvalue weighted by Crippen LogP contribution is -2.45. The third-order valence-corrected chi connectivity index (χ3v) is 6.02. The molecule has 3 rings (SSSR count). The lowest BCUT2D eigenvalue weighted by molar-refractivity contribution is -0.147. The summed E-state index contributed by atoms with van der Waals surface area (Å²) in [6.45, 7) is 4.81. The number of amidine groups is 1. The molecule has 2 aliphatic rings. The average Bonchev–Trinajstić information content (AvgIpc) is 2.93. The van der Waals surface area contributed by atoms with Crippen LogP contribution >= 0.6 is 0 Å². The number of piperidine rings is 1. The number of carbonyl (C=O) groups is 2. The van der Waals surface area contributed by atoms with E-state index in [9.17, 15) is 18.0 Å². The van der Waals surface area contributed by atoms with Gasteiger partial charge in [-0.3, -0.25) is 9.59 Å². The maximum Gasteiger partial charge on any atom is 0.307 e. The number of benzene rings is 1. The zero-order chi connectivity index (χ0) is 20.3. The Hall–Kier alpha value is -2.42. The van der Waals surface area contributed by atoms with Crippen LogP contribution < -0.4 is 5.32 Å². The Bertz CT molecular complexity index is 895. The SMILES string of the molecule is CC(C)OC(=O)CCNC(=O)[C@H]1CCCN(C2=NS(=O)(=O)c3ccccc32)C1. The highest BCUT2D eigenvalue weighted by molar-refractivity contribution is 7.90. The molecule has 28 heavy (non-hydrogen) atoms. The maximum atomic E-state index is 12.5. The molecule has 1 saturated heterocycles. The molecule has 9 heteroatoms. The van der Waals surface area contributed by atoms with Crippen molar-refractivity contribution in [3.63, 3.8) is 0 Å². The maximum absolute atomic E-state index is 12.5. The van der Waals surface area contributed by atoms with Gasteiger partial charge >= 0.3 is 5.97 Å². The van der Waals surface area contributed by atoms with E-state index in [0.29, 0.717) is 30.9 Å². The highest BCUT2D eigenvalue weighted by Crippen LogP contribution is 2.29. The number of nitrogens with zero attached hydrogens (tertiary/aromatic N) is 2. The first-order valence-electron chi connectivity index (χ1n) is 9.44. The van der Waals surface area contributed by atoms with Gasteiger partial charge in [-0.05, 0) is 38.8 Å². The summed E-state index contributed by atoms with van der Waals surface area (Å²) in [4.78, 5) is 26.1. The summed E-state index contributed by atoms with van der Waals surface area (Å²) in [7, 11) is -3.68. The quantitative estimate of drug-likeness (QED) is 0.738. The van der Waals surface area contributed by atoms with E-state index in [-0.39, 0.29) is 41.8 Å². The van der Waals surface area contributed by atoms with Gasteiger partial charge in [0.15, 0.2) is 5.84 Å². The minimum atomic E-state index is -3.68. The second-order valence-electron chi connectivity index (χ2n) is 7.25. The number of carbonyl (C=O) groups excluding carboxylic acids is 2. The van der Waals surface area contributed by atoms with E-state index in [4.69, 9.17) is 4.74 Å². The molecular weight excluding hydrogens is 382 g/mol. The molecule has 1 fully saturated rings. The van der Waals surface area contributed by atoms with Crippen molar-refractivity contribution in [2.75, 3.05) is 19.6 Å². The summed E-state index contributed by atoms with van der Waals surface area (Å²) in [5.74, 6) is -0.360. The number of hydrogen-bond donors (Lipinski definition) is 1. The average molecular weight is 407 g/mol. The number of ether oxygens (including phenoxy) is 1. The fourth-order valence-electron chi connectivity index (χ4n) is 3.45. The van der Waals surface area contributed by atoms with Crippen molar-refractivity contribution in [2.45, 2.75) is 44.1 Å². The van der Waals surface area contributed by atoms with Gasteiger partial charge in [-0.2, -0.15) is 8.42 Å². The fraction of sp³-hybridized carbons (Fsp3) is 0.526. The van der Waals surface area contributed by atoms with Gasteiger partial charge in [0.1, 0.15) is 4.90 Å². The van der Waals surface area contributed by atoms with Crippen LogP contribution in [0.25, 0.3) is 0 Å². The molecule has 0 saturated carbocycles. The summed E-state index contributed by atoms with van der Waals surface area (Å²) in [5.41, 5.74) is 0.583. The Morgan fingerprint density at radius 1 is 1.32 bits per heavy atom. The molecule has 0 unspecified atom stereocenters. The Balaban J connectivity index is 1.60. The largest absolute Gasteiger partial charge is 0.463 e. The van der Waals surface area contributed by atoms with Crippen LogP contribution in [0.15, 0.2) is 33.6 Å². The zero-order valence-corrected chi connectivity index (χ0v) is 16.9. The molecular formula is C19H25N3O5S. The summed E-state index contributed by atoms with van der Waals surface area (Å²) >= 11 is 0. The second-order valence-corrected chi connectivity index (χ2v) is 8.82. The minimum absolute atomic E-state index is 0.124. The third kappa shape index (κ3) is 4.52. The minimum Gasteiger partial charge on any atom is -0.463 e. The van der Waals surface area contributed by atoms with Crippen molar-refractivity contribution in [1.29, 1.82) is 0 Å². The lowest BCUT2D eigenvalue weighted by Gasteiger charge is -2.33. The smallest absolute Gasteiger partial charge is 0.307 e. The van der Waals surface area contributed by atoms with Crippen molar-refractivity contribution in [3.8, 4) is 0 Å².